The molecule has 3 aromatic rings. The molecule has 194 valence electrons. The Bertz CT molecular complexity index is 1280. The van der Waals surface area contributed by atoms with Crippen LogP contribution in [0.2, 0.25) is 0 Å². The summed E-state index contributed by atoms with van der Waals surface area (Å²) >= 11 is 0. The molecule has 0 saturated heterocycles. The fourth-order valence-electron chi connectivity index (χ4n) is 3.41. The number of carbonyl (C=O) groups excluding carboxylic acids is 2. The first-order valence-corrected chi connectivity index (χ1v) is 10.9. The largest absolute Gasteiger partial charge is 0.573 e. The fourth-order valence-corrected chi connectivity index (χ4v) is 3.41. The predicted molar refractivity (Wildman–Crippen MR) is 126 cm³/mol. The minimum Gasteiger partial charge on any atom is -0.491 e. The van der Waals surface area contributed by atoms with Crippen molar-refractivity contribution in [2.45, 2.75) is 18.8 Å². The van der Waals surface area contributed by atoms with E-state index in [1.165, 1.54) is 25.3 Å². The number of carbonyl (C=O) groups is 2. The smallest absolute Gasteiger partial charge is 0.491 e. The van der Waals surface area contributed by atoms with Crippen molar-refractivity contribution in [3.05, 3.63) is 95.6 Å². The van der Waals surface area contributed by atoms with Gasteiger partial charge in [0.15, 0.2) is 11.6 Å². The van der Waals surface area contributed by atoms with Gasteiger partial charge in [0.2, 0.25) is 0 Å². The lowest BCUT2D eigenvalue weighted by atomic mass is 10.0. The maximum Gasteiger partial charge on any atom is 0.573 e. The number of methoxy groups -OCH3 is 1. The molecule has 1 aromatic heterocycles. The lowest BCUT2D eigenvalue weighted by Gasteiger charge is -2.25. The molecule has 0 spiro atoms. The second-order valence-corrected chi connectivity index (χ2v) is 7.53. The Balaban J connectivity index is 0.000000266. The number of aromatic nitrogens is 1. The van der Waals surface area contributed by atoms with E-state index in [0.717, 1.165) is 17.8 Å². The number of rotatable bonds is 5. The van der Waals surface area contributed by atoms with Crippen LogP contribution in [0.4, 0.5) is 17.6 Å². The molecule has 2 aromatic carbocycles. The number of nitrogens with one attached hydrogen (secondary N) is 1. The molecule has 0 fully saturated rings. The molecule has 1 N–H and O–H groups in total. The number of hydrogen-bond donors (Lipinski definition) is 1. The Morgan fingerprint density at radius 3 is 2.59 bits per heavy atom. The Labute approximate surface area is 209 Å². The lowest BCUT2D eigenvalue weighted by molar-refractivity contribution is -0.275. The van der Waals surface area contributed by atoms with Gasteiger partial charge in [0, 0.05) is 18.2 Å². The molecule has 0 radical (unpaired) electrons. The van der Waals surface area contributed by atoms with Crippen LogP contribution in [0, 0.1) is 5.82 Å². The van der Waals surface area contributed by atoms with E-state index in [4.69, 9.17) is 9.47 Å². The molecule has 2 heterocycles. The molecule has 4 rings (SSSR count). The number of nitrogens with zero attached hydrogens (tertiary/aromatic N) is 1. The van der Waals surface area contributed by atoms with Crippen LogP contribution in [0.3, 0.4) is 0 Å². The topological polar surface area (TPSA) is 86.8 Å². The molecule has 7 nitrogen and oxygen atoms in total. The fraction of sp³-hybridized carbons (Fsp3) is 0.192. The van der Waals surface area contributed by atoms with Crippen molar-refractivity contribution in [3.63, 3.8) is 0 Å². The van der Waals surface area contributed by atoms with E-state index >= 15 is 0 Å². The van der Waals surface area contributed by atoms with Gasteiger partial charge in [-0.05, 0) is 48.0 Å². The number of esters is 1. The zero-order valence-electron chi connectivity index (χ0n) is 19.5. The van der Waals surface area contributed by atoms with Crippen molar-refractivity contribution in [2.75, 3.05) is 13.7 Å². The zero-order chi connectivity index (χ0) is 27.0. The Hall–Kier alpha value is -4.41. The van der Waals surface area contributed by atoms with E-state index in [1.54, 1.807) is 30.5 Å². The molecule has 0 saturated carbocycles. The average Bonchev–Trinajstić information content (AvgIpc) is 2.89. The maximum atomic E-state index is 12.6. The van der Waals surface area contributed by atoms with Crippen LogP contribution in [0.5, 0.6) is 11.5 Å². The van der Waals surface area contributed by atoms with Crippen LogP contribution < -0.4 is 14.8 Å². The van der Waals surface area contributed by atoms with Gasteiger partial charge >= 0.3 is 12.3 Å². The van der Waals surface area contributed by atoms with Gasteiger partial charge in [-0.3, -0.25) is 9.78 Å². The first kappa shape index (κ1) is 27.2. The van der Waals surface area contributed by atoms with Gasteiger partial charge < -0.3 is 19.5 Å². The quantitative estimate of drug-likeness (QED) is 0.355. The second kappa shape index (κ2) is 12.0. The normalized spacial score (nSPS) is 14.1. The number of para-hydroxylation sites is 1. The number of amides is 1. The second-order valence-electron chi connectivity index (χ2n) is 7.53. The molecule has 0 bridgehead atoms. The van der Waals surface area contributed by atoms with Gasteiger partial charge in [0.05, 0.1) is 25.3 Å². The third-order valence-electron chi connectivity index (χ3n) is 5.10. The summed E-state index contributed by atoms with van der Waals surface area (Å²) < 4.78 is 60.7. The summed E-state index contributed by atoms with van der Waals surface area (Å²) in [7, 11) is 1.31. The van der Waals surface area contributed by atoms with Gasteiger partial charge in [0.1, 0.15) is 11.4 Å². The van der Waals surface area contributed by atoms with Crippen molar-refractivity contribution in [1.82, 2.24) is 10.3 Å². The van der Waals surface area contributed by atoms with Gasteiger partial charge in [-0.25, -0.2) is 9.18 Å². The minimum absolute atomic E-state index is 0.218. The number of pyridine rings is 1. The number of benzene rings is 2. The molecule has 1 aliphatic heterocycles. The standard InChI is InChI=1S/C19H18N2O4.C7H4F4O/c1-3-12-11-13(6-7-14(12)19(23)24-2)18(22)21-15-8-10-25-16-5-4-9-20-17(15)16;8-5-3-1-2-4-6(5)12-7(9,10)11/h3-7,9,11,15H,1,8,10H2,2H3,(H,21,22);1-4H. The van der Waals surface area contributed by atoms with Gasteiger partial charge in [-0.15, -0.1) is 13.2 Å². The van der Waals surface area contributed by atoms with Crippen molar-refractivity contribution in [3.8, 4) is 11.5 Å². The van der Waals surface area contributed by atoms with Gasteiger partial charge in [-0.1, -0.05) is 24.8 Å². The summed E-state index contributed by atoms with van der Waals surface area (Å²) in [5.74, 6) is -1.88. The number of halogens is 4. The van der Waals surface area contributed by atoms with Crippen LogP contribution in [-0.2, 0) is 4.74 Å². The Kier molecular flexibility index (Phi) is 8.83. The number of alkyl halides is 3. The summed E-state index contributed by atoms with van der Waals surface area (Å²) in [5.41, 5.74) is 2.07. The average molecular weight is 518 g/mol. The van der Waals surface area contributed by atoms with Gasteiger partial charge in [-0.2, -0.15) is 0 Å². The highest BCUT2D eigenvalue weighted by Crippen LogP contribution is 2.30. The molecule has 11 heteroatoms. The molecule has 1 amide bonds. The summed E-state index contributed by atoms with van der Waals surface area (Å²) in [6.45, 7) is 4.20. The van der Waals surface area contributed by atoms with Crippen LogP contribution >= 0.6 is 0 Å². The molecule has 1 atom stereocenters. The van der Waals surface area contributed by atoms with Crippen molar-refractivity contribution < 1.29 is 41.4 Å². The van der Waals surface area contributed by atoms with E-state index in [2.05, 4.69) is 21.6 Å². The zero-order valence-corrected chi connectivity index (χ0v) is 19.5. The maximum absolute atomic E-state index is 12.6. The van der Waals surface area contributed by atoms with E-state index in [-0.39, 0.29) is 11.9 Å². The van der Waals surface area contributed by atoms with E-state index in [9.17, 15) is 27.2 Å². The summed E-state index contributed by atoms with van der Waals surface area (Å²) in [6, 6.07) is 12.5. The third-order valence-corrected chi connectivity index (χ3v) is 5.10. The highest BCUT2D eigenvalue weighted by atomic mass is 19.4. The molecule has 0 aliphatic carbocycles. The van der Waals surface area contributed by atoms with Crippen LogP contribution in [-0.4, -0.2) is 36.9 Å². The van der Waals surface area contributed by atoms with Crippen LogP contribution in [0.1, 0.15) is 44.4 Å². The molecule has 1 aliphatic rings. The van der Waals surface area contributed by atoms with E-state index in [0.29, 0.717) is 35.5 Å². The van der Waals surface area contributed by atoms with Crippen molar-refractivity contribution >= 4 is 18.0 Å². The van der Waals surface area contributed by atoms with Crippen molar-refractivity contribution in [1.29, 1.82) is 0 Å². The summed E-state index contributed by atoms with van der Waals surface area (Å²) in [6.07, 6.45) is -1.01. The first-order chi connectivity index (χ1) is 17.6. The summed E-state index contributed by atoms with van der Waals surface area (Å²) in [5, 5.41) is 2.97. The van der Waals surface area contributed by atoms with E-state index < -0.39 is 23.9 Å². The van der Waals surface area contributed by atoms with Gasteiger partial charge in [0.25, 0.3) is 5.91 Å². The molecular weight excluding hydrogens is 496 g/mol. The monoisotopic (exact) mass is 518 g/mol. The number of hydrogen-bond acceptors (Lipinski definition) is 6. The Morgan fingerprint density at radius 2 is 1.92 bits per heavy atom. The SMILES string of the molecule is C=Cc1cc(C(=O)NC2CCOc3cccnc32)ccc1C(=O)OC.Fc1ccccc1OC(F)(F)F. The van der Waals surface area contributed by atoms with E-state index in [1.807, 2.05) is 6.07 Å². The molecule has 1 unspecified atom stereocenters. The van der Waals surface area contributed by atoms with Crippen LogP contribution in [0.25, 0.3) is 6.08 Å². The third kappa shape index (κ3) is 7.29. The first-order valence-electron chi connectivity index (χ1n) is 10.9. The summed E-state index contributed by atoms with van der Waals surface area (Å²) in [4.78, 5) is 28.7. The lowest BCUT2D eigenvalue weighted by Crippen LogP contribution is -2.32. The minimum atomic E-state index is -4.85. The number of ether oxygens (including phenoxy) is 3. The Morgan fingerprint density at radius 1 is 1.16 bits per heavy atom. The highest BCUT2D eigenvalue weighted by molar-refractivity contribution is 5.99. The van der Waals surface area contributed by atoms with Crippen LogP contribution in [0.15, 0.2) is 67.4 Å². The number of fused-ring (bicyclic) bond motifs is 1. The predicted octanol–water partition coefficient (Wildman–Crippen LogP) is 5.49. The molecular formula is C26H22F4N2O5. The van der Waals surface area contributed by atoms with Crippen molar-refractivity contribution in [2.24, 2.45) is 0 Å². The molecule has 37 heavy (non-hydrogen) atoms. The highest BCUT2D eigenvalue weighted by Gasteiger charge is 2.32.